The molecule has 0 saturated heterocycles. The van der Waals surface area contributed by atoms with Crippen LogP contribution in [0.2, 0.25) is 0 Å². The predicted octanol–water partition coefficient (Wildman–Crippen LogP) is 0.377. The Bertz CT molecular complexity index is 414. The molecule has 1 rings (SSSR count). The van der Waals surface area contributed by atoms with E-state index < -0.39 is 5.97 Å². The van der Waals surface area contributed by atoms with E-state index in [2.05, 4.69) is 15.8 Å². The van der Waals surface area contributed by atoms with Crippen molar-refractivity contribution in [2.45, 2.75) is 32.9 Å². The molecule has 7 nitrogen and oxygen atoms in total. The van der Waals surface area contributed by atoms with Gasteiger partial charge >= 0.3 is 5.97 Å². The first-order valence-electron chi connectivity index (χ1n) is 5.68. The third-order valence-corrected chi connectivity index (χ3v) is 2.06. The molecule has 3 N–H and O–H groups in total. The summed E-state index contributed by atoms with van der Waals surface area (Å²) in [4.78, 5) is 21.8. The Morgan fingerprint density at radius 3 is 2.78 bits per heavy atom. The van der Waals surface area contributed by atoms with Crippen molar-refractivity contribution in [3.63, 3.8) is 0 Å². The number of rotatable bonds is 7. The molecule has 1 amide bonds. The summed E-state index contributed by atoms with van der Waals surface area (Å²) in [6.07, 6.45) is 0.359. The molecule has 0 spiro atoms. The quantitative estimate of drug-likeness (QED) is 0.608. The van der Waals surface area contributed by atoms with Crippen molar-refractivity contribution >= 4 is 11.9 Å². The Morgan fingerprint density at radius 1 is 1.50 bits per heavy atom. The fourth-order valence-corrected chi connectivity index (χ4v) is 1.30. The number of carboxylic acid groups (broad SMARTS) is 1. The summed E-state index contributed by atoms with van der Waals surface area (Å²) >= 11 is 0. The van der Waals surface area contributed by atoms with E-state index in [1.54, 1.807) is 0 Å². The van der Waals surface area contributed by atoms with Crippen LogP contribution in [0.4, 0.5) is 0 Å². The van der Waals surface area contributed by atoms with Gasteiger partial charge in [0.25, 0.3) is 0 Å². The normalized spacial score (nSPS) is 10.6. The minimum absolute atomic E-state index is 0.0266. The number of carbonyl (C=O) groups excluding carboxylic acids is 1. The van der Waals surface area contributed by atoms with Crippen molar-refractivity contribution in [3.05, 3.63) is 17.5 Å². The van der Waals surface area contributed by atoms with Crippen LogP contribution in [-0.2, 0) is 11.3 Å². The highest BCUT2D eigenvalue weighted by molar-refractivity contribution is 5.85. The van der Waals surface area contributed by atoms with Crippen LogP contribution in [0, 0.1) is 0 Å². The molecule has 0 atom stereocenters. The minimum Gasteiger partial charge on any atom is -0.476 e. The molecule has 0 saturated carbocycles. The third kappa shape index (κ3) is 4.96. The lowest BCUT2D eigenvalue weighted by atomic mass is 10.3. The maximum absolute atomic E-state index is 11.3. The van der Waals surface area contributed by atoms with Gasteiger partial charge in [-0.25, -0.2) is 4.79 Å². The molecule has 0 fully saturated rings. The lowest BCUT2D eigenvalue weighted by molar-refractivity contribution is -0.121. The summed E-state index contributed by atoms with van der Waals surface area (Å²) < 4.78 is 4.80. The summed E-state index contributed by atoms with van der Waals surface area (Å²) in [6, 6.07) is 1.48. The molecule has 0 aromatic carbocycles. The smallest absolute Gasteiger partial charge is 0.358 e. The largest absolute Gasteiger partial charge is 0.476 e. The fourth-order valence-electron chi connectivity index (χ4n) is 1.30. The Kier molecular flexibility index (Phi) is 5.31. The first kappa shape index (κ1) is 14.2. The monoisotopic (exact) mass is 255 g/mol. The van der Waals surface area contributed by atoms with E-state index in [1.165, 1.54) is 6.07 Å². The Labute approximate surface area is 105 Å². The molecule has 0 aliphatic carbocycles. The van der Waals surface area contributed by atoms with E-state index in [4.69, 9.17) is 9.63 Å². The van der Waals surface area contributed by atoms with Gasteiger partial charge in [-0.3, -0.25) is 4.79 Å². The van der Waals surface area contributed by atoms with E-state index in [0.29, 0.717) is 25.3 Å². The second-order valence-corrected chi connectivity index (χ2v) is 4.13. The maximum atomic E-state index is 11.3. The summed E-state index contributed by atoms with van der Waals surface area (Å²) in [7, 11) is 0. The second-order valence-electron chi connectivity index (χ2n) is 4.13. The lowest BCUT2D eigenvalue weighted by Crippen LogP contribution is -2.32. The third-order valence-electron chi connectivity index (χ3n) is 2.06. The van der Waals surface area contributed by atoms with Gasteiger partial charge in [0.05, 0.1) is 6.54 Å². The highest BCUT2D eigenvalue weighted by Gasteiger charge is 2.10. The number of amides is 1. The van der Waals surface area contributed by atoms with E-state index in [1.807, 2.05) is 13.8 Å². The van der Waals surface area contributed by atoms with Gasteiger partial charge in [-0.2, -0.15) is 0 Å². The molecule has 0 radical (unpaired) electrons. The summed E-state index contributed by atoms with van der Waals surface area (Å²) in [6.45, 7) is 4.62. The minimum atomic E-state index is -1.12. The van der Waals surface area contributed by atoms with Gasteiger partial charge in [-0.1, -0.05) is 5.16 Å². The van der Waals surface area contributed by atoms with Gasteiger partial charge in [0, 0.05) is 25.1 Å². The first-order chi connectivity index (χ1) is 8.49. The number of carboxylic acids is 1. The predicted molar refractivity (Wildman–Crippen MR) is 63.1 cm³/mol. The van der Waals surface area contributed by atoms with Crippen LogP contribution in [0.15, 0.2) is 10.6 Å². The molecule has 0 aliphatic rings. The number of hydrogen-bond donors (Lipinski definition) is 3. The summed E-state index contributed by atoms with van der Waals surface area (Å²) in [5.41, 5.74) is -0.121. The molecule has 100 valence electrons. The molecule has 0 bridgehead atoms. The Balaban J connectivity index is 2.21. The van der Waals surface area contributed by atoms with Gasteiger partial charge in [-0.05, 0) is 13.8 Å². The van der Waals surface area contributed by atoms with Crippen molar-refractivity contribution < 1.29 is 19.2 Å². The van der Waals surface area contributed by atoms with Gasteiger partial charge in [0.1, 0.15) is 0 Å². The number of aromatic carboxylic acids is 1. The van der Waals surface area contributed by atoms with Crippen molar-refractivity contribution in [1.82, 2.24) is 15.8 Å². The molecular formula is C11H17N3O4. The number of nitrogens with one attached hydrogen (secondary N) is 2. The zero-order valence-electron chi connectivity index (χ0n) is 10.4. The molecule has 0 aliphatic heterocycles. The van der Waals surface area contributed by atoms with Crippen molar-refractivity contribution in [2.24, 2.45) is 0 Å². The van der Waals surface area contributed by atoms with Crippen LogP contribution in [0.3, 0.4) is 0 Å². The number of carbonyl (C=O) groups is 2. The van der Waals surface area contributed by atoms with Gasteiger partial charge < -0.3 is 20.3 Å². The zero-order valence-corrected chi connectivity index (χ0v) is 10.4. The maximum Gasteiger partial charge on any atom is 0.358 e. The molecule has 7 heteroatoms. The second kappa shape index (κ2) is 6.75. The first-order valence-corrected chi connectivity index (χ1v) is 5.68. The van der Waals surface area contributed by atoms with Crippen molar-refractivity contribution in [1.29, 1.82) is 0 Å². The van der Waals surface area contributed by atoms with Crippen LogP contribution in [0.25, 0.3) is 0 Å². The Morgan fingerprint density at radius 2 is 2.22 bits per heavy atom. The van der Waals surface area contributed by atoms with Crippen molar-refractivity contribution in [2.75, 3.05) is 6.54 Å². The molecule has 0 unspecified atom stereocenters. The van der Waals surface area contributed by atoms with E-state index in [-0.39, 0.29) is 17.6 Å². The average Bonchev–Trinajstić information content (AvgIpc) is 2.72. The number of nitrogens with zero attached hydrogens (tertiary/aromatic N) is 1. The van der Waals surface area contributed by atoms with Gasteiger partial charge in [0.2, 0.25) is 5.91 Å². The summed E-state index contributed by atoms with van der Waals surface area (Å²) in [5, 5.41) is 17.7. The number of aromatic nitrogens is 1. The standard InChI is InChI=1S/C11H17N3O4/c1-7(2)13-10(15)3-4-12-6-8-5-9(11(16)17)14-18-8/h5,7,12H,3-4,6H2,1-2H3,(H,13,15)(H,16,17). The highest BCUT2D eigenvalue weighted by Crippen LogP contribution is 2.02. The summed E-state index contributed by atoms with van der Waals surface area (Å²) in [5.74, 6) is -0.723. The lowest BCUT2D eigenvalue weighted by Gasteiger charge is -2.07. The van der Waals surface area contributed by atoms with Crippen molar-refractivity contribution in [3.8, 4) is 0 Å². The molecular weight excluding hydrogens is 238 g/mol. The van der Waals surface area contributed by atoms with Gasteiger partial charge in [0.15, 0.2) is 11.5 Å². The van der Waals surface area contributed by atoms with Crippen LogP contribution < -0.4 is 10.6 Å². The van der Waals surface area contributed by atoms with Crippen LogP contribution in [0.1, 0.15) is 36.5 Å². The topological polar surface area (TPSA) is 104 Å². The molecule has 1 heterocycles. The highest BCUT2D eigenvalue weighted by atomic mass is 16.5. The van der Waals surface area contributed by atoms with Crippen LogP contribution in [-0.4, -0.2) is 34.7 Å². The van der Waals surface area contributed by atoms with E-state index in [9.17, 15) is 9.59 Å². The molecule has 1 aromatic rings. The SMILES string of the molecule is CC(C)NC(=O)CCNCc1cc(C(=O)O)no1. The van der Waals surface area contributed by atoms with E-state index >= 15 is 0 Å². The zero-order chi connectivity index (χ0) is 13.5. The average molecular weight is 255 g/mol. The van der Waals surface area contributed by atoms with Crippen LogP contribution in [0.5, 0.6) is 0 Å². The Hall–Kier alpha value is -1.89. The van der Waals surface area contributed by atoms with E-state index in [0.717, 1.165) is 0 Å². The fraction of sp³-hybridized carbons (Fsp3) is 0.545. The van der Waals surface area contributed by atoms with Crippen LogP contribution >= 0.6 is 0 Å². The molecule has 1 aromatic heterocycles. The number of hydrogen-bond acceptors (Lipinski definition) is 5. The van der Waals surface area contributed by atoms with Gasteiger partial charge in [-0.15, -0.1) is 0 Å². The molecule has 18 heavy (non-hydrogen) atoms.